The van der Waals surface area contributed by atoms with E-state index in [4.69, 9.17) is 5.73 Å². The molecule has 5 nitrogen and oxygen atoms in total. The number of H-pyrrole nitrogens is 1. The number of hydrogen-bond donors (Lipinski definition) is 2. The number of primary amides is 1. The second kappa shape index (κ2) is 5.44. The molecule has 2 aromatic carbocycles. The van der Waals surface area contributed by atoms with Crippen molar-refractivity contribution in [3.8, 4) is 22.4 Å². The lowest BCUT2D eigenvalue weighted by Crippen LogP contribution is -2.12. The van der Waals surface area contributed by atoms with Gasteiger partial charge in [-0.25, -0.2) is 0 Å². The van der Waals surface area contributed by atoms with Crippen LogP contribution in [0.5, 0.6) is 0 Å². The maximum Gasteiger partial charge on any atom is 0.271 e. The van der Waals surface area contributed by atoms with Crippen LogP contribution < -0.4 is 5.73 Å². The van der Waals surface area contributed by atoms with Gasteiger partial charge < -0.3 is 5.73 Å². The number of aromatic amines is 1. The minimum Gasteiger partial charge on any atom is -0.364 e. The number of nitrogens with one attached hydrogen (secondary N) is 1. The number of benzene rings is 2. The van der Waals surface area contributed by atoms with Gasteiger partial charge in [-0.2, -0.15) is 15.4 Å². The highest BCUT2D eigenvalue weighted by atomic mass is 16.1. The first-order valence-corrected chi connectivity index (χ1v) is 6.95. The third-order valence-electron chi connectivity index (χ3n) is 3.78. The number of carbonyl (C=O) groups is 1. The smallest absolute Gasteiger partial charge is 0.271 e. The molecule has 110 valence electrons. The van der Waals surface area contributed by atoms with Crippen LogP contribution in [0.25, 0.3) is 22.4 Å². The van der Waals surface area contributed by atoms with Crippen molar-refractivity contribution in [3.63, 3.8) is 0 Å². The number of nitrogens with two attached hydrogens (primary N) is 1. The first kappa shape index (κ1) is 14.0. The van der Waals surface area contributed by atoms with Gasteiger partial charge in [-0.1, -0.05) is 42.5 Å². The summed E-state index contributed by atoms with van der Waals surface area (Å²) >= 11 is 0. The van der Waals surface area contributed by atoms with Gasteiger partial charge in [0.25, 0.3) is 5.91 Å². The topological polar surface area (TPSA) is 84.7 Å². The summed E-state index contributed by atoms with van der Waals surface area (Å²) < 4.78 is 0. The fraction of sp³-hybridized carbons (Fsp3) is 0.118. The molecule has 3 N–H and O–H groups in total. The van der Waals surface area contributed by atoms with E-state index in [0.29, 0.717) is 5.69 Å². The Hall–Kier alpha value is -2.95. The summed E-state index contributed by atoms with van der Waals surface area (Å²) in [6.07, 6.45) is 0. The van der Waals surface area contributed by atoms with Gasteiger partial charge >= 0.3 is 0 Å². The predicted octanol–water partition coefficient (Wildman–Crippen LogP) is 2.85. The van der Waals surface area contributed by atoms with Gasteiger partial charge in [0, 0.05) is 5.56 Å². The third kappa shape index (κ3) is 2.48. The van der Waals surface area contributed by atoms with Crippen LogP contribution in [0.2, 0.25) is 0 Å². The first-order valence-electron chi connectivity index (χ1n) is 6.95. The first-order chi connectivity index (χ1) is 10.6. The Morgan fingerprint density at radius 1 is 0.909 bits per heavy atom. The molecule has 0 spiro atoms. The Balaban J connectivity index is 1.97. The van der Waals surface area contributed by atoms with E-state index >= 15 is 0 Å². The highest BCUT2D eigenvalue weighted by Gasteiger charge is 2.14. The lowest BCUT2D eigenvalue weighted by atomic mass is 9.99. The molecule has 1 aromatic heterocycles. The fourth-order valence-corrected chi connectivity index (χ4v) is 2.35. The van der Waals surface area contributed by atoms with Gasteiger partial charge in [0.15, 0.2) is 5.69 Å². The van der Waals surface area contributed by atoms with E-state index < -0.39 is 5.91 Å². The van der Waals surface area contributed by atoms with E-state index in [2.05, 4.69) is 47.5 Å². The summed E-state index contributed by atoms with van der Waals surface area (Å²) in [4.78, 5) is 11.3. The lowest BCUT2D eigenvalue weighted by Gasteiger charge is -2.06. The molecule has 1 heterocycles. The van der Waals surface area contributed by atoms with Gasteiger partial charge in [0.1, 0.15) is 5.69 Å². The van der Waals surface area contributed by atoms with Crippen molar-refractivity contribution in [1.82, 2.24) is 15.4 Å². The summed E-state index contributed by atoms with van der Waals surface area (Å²) in [5.41, 5.74) is 11.5. The van der Waals surface area contributed by atoms with Crippen LogP contribution in [0.1, 0.15) is 21.6 Å². The molecule has 0 unspecified atom stereocenters. The Labute approximate surface area is 128 Å². The molecule has 0 radical (unpaired) electrons. The second-order valence-electron chi connectivity index (χ2n) is 5.26. The normalized spacial score (nSPS) is 10.6. The molecule has 0 fully saturated rings. The van der Waals surface area contributed by atoms with Crippen LogP contribution in [-0.4, -0.2) is 21.3 Å². The van der Waals surface area contributed by atoms with Gasteiger partial charge in [-0.15, -0.1) is 0 Å². The number of aryl methyl sites for hydroxylation is 2. The lowest BCUT2D eigenvalue weighted by molar-refractivity contribution is 0.0996. The monoisotopic (exact) mass is 292 g/mol. The summed E-state index contributed by atoms with van der Waals surface area (Å²) in [7, 11) is 0. The quantitative estimate of drug-likeness (QED) is 0.778. The maximum atomic E-state index is 11.3. The highest BCUT2D eigenvalue weighted by molar-refractivity contribution is 5.96. The van der Waals surface area contributed by atoms with E-state index in [1.165, 1.54) is 11.1 Å². The van der Waals surface area contributed by atoms with Crippen molar-refractivity contribution in [2.75, 3.05) is 0 Å². The molecule has 0 aliphatic heterocycles. The van der Waals surface area contributed by atoms with Crippen LogP contribution in [0, 0.1) is 13.8 Å². The van der Waals surface area contributed by atoms with Crippen LogP contribution in [0.15, 0.2) is 42.5 Å². The highest BCUT2D eigenvalue weighted by Crippen LogP contribution is 2.26. The van der Waals surface area contributed by atoms with Crippen LogP contribution in [0.4, 0.5) is 0 Å². The summed E-state index contributed by atoms with van der Waals surface area (Å²) in [5.74, 6) is -0.595. The molecule has 5 heteroatoms. The number of amides is 1. The number of nitrogens with zero attached hydrogens (tertiary/aromatic N) is 2. The zero-order chi connectivity index (χ0) is 15.7. The molecule has 1 amide bonds. The minimum atomic E-state index is -0.595. The summed E-state index contributed by atoms with van der Waals surface area (Å²) in [6.45, 7) is 4.19. The van der Waals surface area contributed by atoms with Crippen molar-refractivity contribution in [1.29, 1.82) is 0 Å². The largest absolute Gasteiger partial charge is 0.364 e. The van der Waals surface area contributed by atoms with E-state index in [0.717, 1.165) is 16.7 Å². The third-order valence-corrected chi connectivity index (χ3v) is 3.78. The molecule has 0 aliphatic carbocycles. The average molecular weight is 292 g/mol. The summed E-state index contributed by atoms with van der Waals surface area (Å²) in [6, 6.07) is 14.2. The molecule has 0 atom stereocenters. The van der Waals surface area contributed by atoms with E-state index in [-0.39, 0.29) is 5.69 Å². The molecular formula is C17H16N4O. The Morgan fingerprint density at radius 3 is 2.18 bits per heavy atom. The van der Waals surface area contributed by atoms with Crippen molar-refractivity contribution in [3.05, 3.63) is 59.3 Å². The number of carbonyl (C=O) groups excluding carboxylic acids is 1. The van der Waals surface area contributed by atoms with Gasteiger partial charge in [0.05, 0.1) is 0 Å². The second-order valence-corrected chi connectivity index (χ2v) is 5.26. The minimum absolute atomic E-state index is 0.152. The number of hydrogen-bond acceptors (Lipinski definition) is 3. The Bertz CT molecular complexity index is 834. The van der Waals surface area contributed by atoms with Crippen LogP contribution in [0.3, 0.4) is 0 Å². The molecule has 0 aliphatic rings. The molecule has 22 heavy (non-hydrogen) atoms. The average Bonchev–Trinajstić information content (AvgIpc) is 3.00. The Morgan fingerprint density at radius 2 is 1.55 bits per heavy atom. The Kier molecular flexibility index (Phi) is 3.47. The van der Waals surface area contributed by atoms with Gasteiger partial charge in [-0.3, -0.25) is 4.79 Å². The number of rotatable bonds is 3. The van der Waals surface area contributed by atoms with Crippen molar-refractivity contribution < 1.29 is 4.79 Å². The fourth-order valence-electron chi connectivity index (χ4n) is 2.35. The van der Waals surface area contributed by atoms with E-state index in [1.807, 2.05) is 24.3 Å². The zero-order valence-corrected chi connectivity index (χ0v) is 12.4. The maximum absolute atomic E-state index is 11.3. The standard InChI is InChI=1S/C17H16N4O/c1-10-3-4-14(9-11(10)2)12-5-7-13(8-6-12)15-16(17(18)22)20-21-19-15/h3-9H,1-2H3,(H2,18,22)(H,19,20,21). The molecule has 0 saturated heterocycles. The van der Waals surface area contributed by atoms with E-state index in [9.17, 15) is 4.79 Å². The zero-order valence-electron chi connectivity index (χ0n) is 12.4. The molecule has 0 bridgehead atoms. The van der Waals surface area contributed by atoms with E-state index in [1.54, 1.807) is 0 Å². The van der Waals surface area contributed by atoms with Crippen molar-refractivity contribution in [2.24, 2.45) is 5.73 Å². The number of aromatic nitrogens is 3. The molecule has 3 rings (SSSR count). The van der Waals surface area contributed by atoms with Crippen molar-refractivity contribution >= 4 is 5.91 Å². The van der Waals surface area contributed by atoms with Crippen LogP contribution >= 0.6 is 0 Å². The van der Waals surface area contributed by atoms with Crippen LogP contribution in [-0.2, 0) is 0 Å². The molecular weight excluding hydrogens is 276 g/mol. The van der Waals surface area contributed by atoms with Gasteiger partial charge in [-0.05, 0) is 36.1 Å². The molecule has 0 saturated carbocycles. The van der Waals surface area contributed by atoms with Crippen molar-refractivity contribution in [2.45, 2.75) is 13.8 Å². The van der Waals surface area contributed by atoms with Gasteiger partial charge in [0.2, 0.25) is 0 Å². The predicted molar refractivity (Wildman–Crippen MR) is 85.2 cm³/mol. The molecule has 3 aromatic rings. The summed E-state index contributed by atoms with van der Waals surface area (Å²) in [5, 5.41) is 10.2. The SMILES string of the molecule is Cc1ccc(-c2ccc(-c3n[nH]nc3C(N)=O)cc2)cc1C.